The predicted molar refractivity (Wildman–Crippen MR) is 125 cm³/mol. The summed E-state index contributed by atoms with van der Waals surface area (Å²) in [5, 5.41) is 4.17. The lowest BCUT2D eigenvalue weighted by Crippen LogP contribution is -2.27. The van der Waals surface area contributed by atoms with Gasteiger partial charge in [0.2, 0.25) is 0 Å². The summed E-state index contributed by atoms with van der Waals surface area (Å²) in [6, 6.07) is 12.3. The van der Waals surface area contributed by atoms with Gasteiger partial charge < -0.3 is 4.90 Å². The standard InChI is InChI=1S/C25H19F3N6O/c1-32-14-18(11-31-32)16-5-9-20(10-6-16)33(2)24(35)21-15-34-22(12-30-23(34)13-29-21)17-3-7-19(8-4-17)25(26,27)28/h3-15H,1-2H3. The summed E-state index contributed by atoms with van der Waals surface area (Å²) in [6.45, 7) is 0. The van der Waals surface area contributed by atoms with Gasteiger partial charge in [-0.3, -0.25) is 13.9 Å². The molecular formula is C25H19F3N6O. The zero-order valence-corrected chi connectivity index (χ0v) is 18.7. The van der Waals surface area contributed by atoms with Crippen LogP contribution in [0.3, 0.4) is 0 Å². The van der Waals surface area contributed by atoms with E-state index in [-0.39, 0.29) is 11.6 Å². The van der Waals surface area contributed by atoms with Crippen molar-refractivity contribution in [2.45, 2.75) is 6.18 Å². The molecule has 0 aliphatic heterocycles. The second-order valence-electron chi connectivity index (χ2n) is 8.03. The Hall–Kier alpha value is -4.47. The van der Waals surface area contributed by atoms with Gasteiger partial charge in [-0.1, -0.05) is 24.3 Å². The number of nitrogens with zero attached hydrogens (tertiary/aromatic N) is 6. The van der Waals surface area contributed by atoms with E-state index in [1.54, 1.807) is 22.3 Å². The molecule has 0 radical (unpaired) electrons. The Labute approximate surface area is 198 Å². The van der Waals surface area contributed by atoms with Crippen LogP contribution in [0.1, 0.15) is 16.1 Å². The molecule has 0 spiro atoms. The predicted octanol–water partition coefficient (Wildman–Crippen LogP) is 5.09. The van der Waals surface area contributed by atoms with Crippen molar-refractivity contribution in [1.29, 1.82) is 0 Å². The van der Waals surface area contributed by atoms with Crippen LogP contribution in [-0.4, -0.2) is 37.1 Å². The zero-order chi connectivity index (χ0) is 24.7. The van der Waals surface area contributed by atoms with Crippen LogP contribution in [0, 0.1) is 0 Å². The van der Waals surface area contributed by atoms with Gasteiger partial charge in [0.25, 0.3) is 5.91 Å². The van der Waals surface area contributed by atoms with E-state index in [9.17, 15) is 18.0 Å². The number of benzene rings is 2. The molecule has 0 N–H and O–H groups in total. The van der Waals surface area contributed by atoms with Gasteiger partial charge >= 0.3 is 6.18 Å². The SMILES string of the molecule is CN(C(=O)c1cn2c(-c3ccc(C(F)(F)F)cc3)cnc2cn1)c1ccc(-c2cnn(C)c2)cc1. The molecule has 3 aromatic heterocycles. The summed E-state index contributed by atoms with van der Waals surface area (Å²) < 4.78 is 42.1. The Morgan fingerprint density at radius 1 is 0.857 bits per heavy atom. The first-order valence-electron chi connectivity index (χ1n) is 10.6. The van der Waals surface area contributed by atoms with Crippen molar-refractivity contribution in [2.75, 3.05) is 11.9 Å². The molecule has 0 saturated carbocycles. The van der Waals surface area contributed by atoms with Gasteiger partial charge in [-0.15, -0.1) is 0 Å². The van der Waals surface area contributed by atoms with Crippen molar-refractivity contribution in [2.24, 2.45) is 7.05 Å². The van der Waals surface area contributed by atoms with Crippen LogP contribution < -0.4 is 4.90 Å². The summed E-state index contributed by atoms with van der Waals surface area (Å²) in [5.74, 6) is -0.340. The number of hydrogen-bond acceptors (Lipinski definition) is 4. The van der Waals surface area contributed by atoms with E-state index in [1.165, 1.54) is 35.6 Å². The highest BCUT2D eigenvalue weighted by atomic mass is 19.4. The van der Waals surface area contributed by atoms with Gasteiger partial charge in [-0.25, -0.2) is 9.97 Å². The lowest BCUT2D eigenvalue weighted by Gasteiger charge is -2.17. The maximum Gasteiger partial charge on any atom is 0.416 e. The third-order valence-corrected chi connectivity index (χ3v) is 5.72. The third-order valence-electron chi connectivity index (χ3n) is 5.72. The summed E-state index contributed by atoms with van der Waals surface area (Å²) in [5.41, 5.74) is 3.62. The Bertz CT molecular complexity index is 1520. The number of hydrogen-bond donors (Lipinski definition) is 0. The van der Waals surface area contributed by atoms with Gasteiger partial charge in [0.05, 0.1) is 29.8 Å². The number of aromatic nitrogens is 5. The maximum absolute atomic E-state index is 13.2. The van der Waals surface area contributed by atoms with Crippen LogP contribution in [0.15, 0.2) is 79.5 Å². The van der Waals surface area contributed by atoms with E-state index < -0.39 is 11.7 Å². The molecule has 0 fully saturated rings. The van der Waals surface area contributed by atoms with Gasteiger partial charge in [0.15, 0.2) is 5.65 Å². The zero-order valence-electron chi connectivity index (χ0n) is 18.7. The fourth-order valence-corrected chi connectivity index (χ4v) is 3.78. The van der Waals surface area contributed by atoms with Crippen molar-refractivity contribution in [3.63, 3.8) is 0 Å². The Morgan fingerprint density at radius 2 is 1.54 bits per heavy atom. The number of carbonyl (C=O) groups is 1. The largest absolute Gasteiger partial charge is 0.416 e. The normalized spacial score (nSPS) is 11.7. The van der Waals surface area contributed by atoms with Crippen LogP contribution in [0.25, 0.3) is 28.0 Å². The number of imidazole rings is 1. The minimum atomic E-state index is -4.41. The average Bonchev–Trinajstić information content (AvgIpc) is 3.48. The minimum Gasteiger partial charge on any atom is -0.310 e. The lowest BCUT2D eigenvalue weighted by atomic mass is 10.1. The van der Waals surface area contributed by atoms with Gasteiger partial charge in [0.1, 0.15) is 5.69 Å². The van der Waals surface area contributed by atoms with Crippen LogP contribution in [0.2, 0.25) is 0 Å². The molecule has 1 amide bonds. The molecule has 176 valence electrons. The van der Waals surface area contributed by atoms with E-state index in [1.807, 2.05) is 37.5 Å². The van der Waals surface area contributed by atoms with E-state index in [4.69, 9.17) is 0 Å². The fourth-order valence-electron chi connectivity index (χ4n) is 3.78. The molecule has 7 nitrogen and oxygen atoms in total. The lowest BCUT2D eigenvalue weighted by molar-refractivity contribution is -0.137. The molecule has 0 saturated heterocycles. The third kappa shape index (κ3) is 4.25. The number of carbonyl (C=O) groups excluding carboxylic acids is 1. The molecule has 5 rings (SSSR count). The topological polar surface area (TPSA) is 68.3 Å². The van der Waals surface area contributed by atoms with Crippen LogP contribution in [0.5, 0.6) is 0 Å². The molecule has 0 bridgehead atoms. The maximum atomic E-state index is 13.2. The van der Waals surface area contributed by atoms with E-state index in [2.05, 4.69) is 15.1 Å². The molecule has 2 aromatic carbocycles. The summed E-state index contributed by atoms with van der Waals surface area (Å²) >= 11 is 0. The van der Waals surface area contributed by atoms with Crippen molar-refractivity contribution in [1.82, 2.24) is 24.1 Å². The highest BCUT2D eigenvalue weighted by Gasteiger charge is 2.30. The van der Waals surface area contributed by atoms with Gasteiger partial charge in [-0.05, 0) is 29.8 Å². The second kappa shape index (κ2) is 8.39. The van der Waals surface area contributed by atoms with Crippen molar-refractivity contribution in [3.8, 4) is 22.4 Å². The summed E-state index contributed by atoms with van der Waals surface area (Å²) in [7, 11) is 3.50. The molecule has 3 heterocycles. The summed E-state index contributed by atoms with van der Waals surface area (Å²) in [4.78, 5) is 23.1. The molecule has 0 aliphatic rings. The van der Waals surface area contributed by atoms with Crippen molar-refractivity contribution < 1.29 is 18.0 Å². The quantitative estimate of drug-likeness (QED) is 0.362. The smallest absolute Gasteiger partial charge is 0.310 e. The Morgan fingerprint density at radius 3 is 2.17 bits per heavy atom. The molecule has 10 heteroatoms. The minimum absolute atomic E-state index is 0.169. The number of anilines is 1. The average molecular weight is 476 g/mol. The number of aryl methyl sites for hydroxylation is 1. The van der Waals surface area contributed by atoms with E-state index in [0.717, 1.165) is 23.3 Å². The van der Waals surface area contributed by atoms with Crippen LogP contribution >= 0.6 is 0 Å². The molecule has 0 atom stereocenters. The first kappa shape index (κ1) is 22.3. The van der Waals surface area contributed by atoms with E-state index in [0.29, 0.717) is 22.6 Å². The summed E-state index contributed by atoms with van der Waals surface area (Å²) in [6.07, 6.45) is 3.79. The van der Waals surface area contributed by atoms with E-state index >= 15 is 0 Å². The van der Waals surface area contributed by atoms with Crippen LogP contribution in [0.4, 0.5) is 18.9 Å². The fraction of sp³-hybridized carbons (Fsp3) is 0.120. The molecule has 0 aliphatic carbocycles. The van der Waals surface area contributed by atoms with Crippen LogP contribution in [-0.2, 0) is 13.2 Å². The first-order chi connectivity index (χ1) is 16.7. The number of alkyl halides is 3. The highest BCUT2D eigenvalue weighted by Crippen LogP contribution is 2.31. The Balaban J connectivity index is 1.42. The van der Waals surface area contributed by atoms with Crippen molar-refractivity contribution >= 4 is 17.2 Å². The first-order valence-corrected chi connectivity index (χ1v) is 10.6. The molecular weight excluding hydrogens is 457 g/mol. The molecule has 35 heavy (non-hydrogen) atoms. The highest BCUT2D eigenvalue weighted by molar-refractivity contribution is 6.04. The Kier molecular flexibility index (Phi) is 5.35. The number of rotatable bonds is 4. The second-order valence-corrected chi connectivity index (χ2v) is 8.03. The number of halogens is 3. The van der Waals surface area contributed by atoms with Gasteiger partial charge in [-0.2, -0.15) is 18.3 Å². The molecule has 0 unspecified atom stereocenters. The number of amides is 1. The monoisotopic (exact) mass is 476 g/mol. The van der Waals surface area contributed by atoms with Crippen molar-refractivity contribution in [3.05, 3.63) is 90.8 Å². The molecule has 5 aromatic rings. The van der Waals surface area contributed by atoms with Gasteiger partial charge in [0, 0.05) is 43.3 Å². The number of fused-ring (bicyclic) bond motifs is 1.